The second kappa shape index (κ2) is 27.2. The lowest BCUT2D eigenvalue weighted by molar-refractivity contribution is 0.0146. The molecule has 0 amide bonds. The van der Waals surface area contributed by atoms with Gasteiger partial charge in [0.05, 0.1) is 99.1 Å². The normalized spacial score (nSPS) is 11.2. The van der Waals surface area contributed by atoms with Crippen molar-refractivity contribution >= 4 is 0 Å². The van der Waals surface area contributed by atoms with E-state index in [1.165, 1.54) is 12.1 Å². The molecule has 1 aromatic rings. The lowest BCUT2D eigenvalue weighted by atomic mass is 10.2. The summed E-state index contributed by atoms with van der Waals surface area (Å²) in [5.41, 5.74) is 0. The molecular weight excluding hydrogens is 532 g/mol. The van der Waals surface area contributed by atoms with Crippen molar-refractivity contribution in [1.29, 1.82) is 0 Å². The van der Waals surface area contributed by atoms with Gasteiger partial charge >= 0.3 is 0 Å². The molecule has 1 rings (SSSR count). The minimum atomic E-state index is -0.0262. The molecule has 1 aromatic carbocycles. The van der Waals surface area contributed by atoms with Crippen molar-refractivity contribution in [3.63, 3.8) is 0 Å². The molecule has 0 aliphatic heterocycles. The van der Waals surface area contributed by atoms with Gasteiger partial charge in [0.2, 0.25) is 5.75 Å². The maximum Gasteiger partial charge on any atom is 0.203 e. The fourth-order valence-electron chi connectivity index (χ4n) is 2.94. The first-order chi connectivity index (χ1) is 19.7. The molecule has 0 unspecified atom stereocenters. The Hall–Kier alpha value is -1.94. The van der Waals surface area contributed by atoms with Gasteiger partial charge in [-0.3, -0.25) is 0 Å². The Morgan fingerprint density at radius 2 is 0.675 bits per heavy atom. The number of benzene rings is 1. The van der Waals surface area contributed by atoms with Crippen molar-refractivity contribution < 1.29 is 61.9 Å². The Balaban J connectivity index is 2.53. The molecule has 0 atom stereocenters. The maximum atomic E-state index is 10.3. The highest BCUT2D eigenvalue weighted by Gasteiger charge is 2.16. The van der Waals surface area contributed by atoms with Gasteiger partial charge in [-0.15, -0.1) is 0 Å². The smallest absolute Gasteiger partial charge is 0.203 e. The summed E-state index contributed by atoms with van der Waals surface area (Å²) in [6.45, 7) is 7.49. The number of methoxy groups -OCH3 is 3. The van der Waals surface area contributed by atoms with E-state index in [1.807, 2.05) is 0 Å². The molecule has 0 radical (unpaired) electrons. The van der Waals surface area contributed by atoms with Crippen LogP contribution in [0.3, 0.4) is 0 Å². The Morgan fingerprint density at radius 3 is 1.00 bits per heavy atom. The molecule has 0 saturated heterocycles. The molecule has 0 bridgehead atoms. The largest absolute Gasteiger partial charge is 0.508 e. The van der Waals surface area contributed by atoms with Gasteiger partial charge in [-0.25, -0.2) is 0 Å². The number of hydrogen-bond acceptors (Lipinski definition) is 13. The van der Waals surface area contributed by atoms with Crippen LogP contribution in [0.4, 0.5) is 0 Å². The molecule has 40 heavy (non-hydrogen) atoms. The predicted octanol–water partition coefficient (Wildman–Crippen LogP) is 1.57. The molecule has 0 saturated carbocycles. The standard InChI is InChI=1S/C27H48O13/c1-29-4-7-32-10-13-35-16-19-38-25-22-24(28)23-26(39-20-17-36-14-11-33-8-5-30-2)27(25)40-21-18-37-15-12-34-9-6-31-3/h22-23,28H,4-21H2,1-3H3. The third-order valence-corrected chi connectivity index (χ3v) is 4.86. The Morgan fingerprint density at radius 1 is 0.400 bits per heavy atom. The Bertz CT molecular complexity index is 649. The van der Waals surface area contributed by atoms with Crippen molar-refractivity contribution in [1.82, 2.24) is 0 Å². The predicted molar refractivity (Wildman–Crippen MR) is 145 cm³/mol. The molecule has 13 heteroatoms. The van der Waals surface area contributed by atoms with Gasteiger partial charge < -0.3 is 61.9 Å². The summed E-state index contributed by atoms with van der Waals surface area (Å²) < 4.78 is 65.1. The van der Waals surface area contributed by atoms with Crippen LogP contribution in [0.1, 0.15) is 0 Å². The van der Waals surface area contributed by atoms with E-state index in [9.17, 15) is 5.11 Å². The molecule has 0 aliphatic carbocycles. The van der Waals surface area contributed by atoms with E-state index in [0.717, 1.165) is 0 Å². The summed E-state index contributed by atoms with van der Waals surface area (Å²) in [7, 11) is 4.87. The zero-order valence-electron chi connectivity index (χ0n) is 24.2. The highest BCUT2D eigenvalue weighted by Crippen LogP contribution is 2.41. The second-order valence-corrected chi connectivity index (χ2v) is 7.97. The SMILES string of the molecule is COCCOCCOCCOc1cc(O)cc(OCCOCCOCCOC)c1OCCOCCOCCOC. The first-order valence-corrected chi connectivity index (χ1v) is 13.4. The number of aromatic hydroxyl groups is 1. The number of phenols is 1. The number of phenolic OH excluding ortho intramolecular Hbond substituents is 1. The zero-order valence-corrected chi connectivity index (χ0v) is 24.2. The van der Waals surface area contributed by atoms with E-state index in [-0.39, 0.29) is 25.6 Å². The van der Waals surface area contributed by atoms with E-state index in [4.69, 9.17) is 56.8 Å². The number of rotatable bonds is 30. The molecule has 0 aromatic heterocycles. The molecule has 0 spiro atoms. The average molecular weight is 581 g/mol. The topological polar surface area (TPSA) is 131 Å². The molecule has 0 fully saturated rings. The molecule has 1 N–H and O–H groups in total. The van der Waals surface area contributed by atoms with Gasteiger partial charge in [0.1, 0.15) is 25.6 Å². The maximum absolute atomic E-state index is 10.3. The zero-order chi connectivity index (χ0) is 28.9. The van der Waals surface area contributed by atoms with Gasteiger partial charge in [0.25, 0.3) is 0 Å². The monoisotopic (exact) mass is 580 g/mol. The van der Waals surface area contributed by atoms with Crippen molar-refractivity contribution in [2.24, 2.45) is 0 Å². The van der Waals surface area contributed by atoms with Crippen LogP contribution in [0.25, 0.3) is 0 Å². The van der Waals surface area contributed by atoms with Crippen LogP contribution >= 0.6 is 0 Å². The van der Waals surface area contributed by atoms with Crippen LogP contribution in [-0.4, -0.2) is 145 Å². The summed E-state index contributed by atoms with van der Waals surface area (Å²) in [5, 5.41) is 10.3. The fraction of sp³-hybridized carbons (Fsp3) is 0.778. The minimum Gasteiger partial charge on any atom is -0.508 e. The van der Waals surface area contributed by atoms with Gasteiger partial charge in [0, 0.05) is 33.5 Å². The van der Waals surface area contributed by atoms with E-state index < -0.39 is 0 Å². The van der Waals surface area contributed by atoms with Crippen molar-refractivity contribution in [3.8, 4) is 23.0 Å². The van der Waals surface area contributed by atoms with Gasteiger partial charge in [-0.2, -0.15) is 0 Å². The third-order valence-electron chi connectivity index (χ3n) is 4.86. The molecule has 13 nitrogen and oxygen atoms in total. The van der Waals surface area contributed by atoms with Crippen LogP contribution in [0.2, 0.25) is 0 Å². The van der Waals surface area contributed by atoms with E-state index in [1.54, 1.807) is 21.3 Å². The highest BCUT2D eigenvalue weighted by atomic mass is 16.6. The van der Waals surface area contributed by atoms with Crippen LogP contribution < -0.4 is 14.2 Å². The summed E-state index contributed by atoms with van der Waals surface area (Å²) in [5.74, 6) is 0.973. The van der Waals surface area contributed by atoms with Crippen LogP contribution in [0.5, 0.6) is 23.0 Å². The Labute approximate surface area is 237 Å². The summed E-state index contributed by atoms with van der Waals surface area (Å²) in [6, 6.07) is 2.93. The fourth-order valence-corrected chi connectivity index (χ4v) is 2.94. The summed E-state index contributed by atoms with van der Waals surface area (Å²) in [4.78, 5) is 0. The summed E-state index contributed by atoms with van der Waals surface area (Å²) >= 11 is 0. The average Bonchev–Trinajstić information content (AvgIpc) is 2.95. The minimum absolute atomic E-state index is 0.0262. The van der Waals surface area contributed by atoms with Crippen molar-refractivity contribution in [3.05, 3.63) is 12.1 Å². The summed E-state index contributed by atoms with van der Waals surface area (Å²) in [6.07, 6.45) is 0. The number of hydrogen-bond donors (Lipinski definition) is 1. The van der Waals surface area contributed by atoms with E-state index >= 15 is 0 Å². The molecule has 234 valence electrons. The lowest BCUT2D eigenvalue weighted by Crippen LogP contribution is -2.15. The second-order valence-electron chi connectivity index (χ2n) is 7.97. The quantitative estimate of drug-likeness (QED) is 0.132. The van der Waals surface area contributed by atoms with E-state index in [2.05, 4.69) is 0 Å². The van der Waals surface area contributed by atoms with Crippen molar-refractivity contribution in [2.45, 2.75) is 0 Å². The Kier molecular flexibility index (Phi) is 24.6. The number of ether oxygens (including phenoxy) is 12. The first-order valence-electron chi connectivity index (χ1n) is 13.4. The van der Waals surface area contributed by atoms with Crippen LogP contribution in [0.15, 0.2) is 12.1 Å². The van der Waals surface area contributed by atoms with Crippen LogP contribution in [-0.2, 0) is 42.6 Å². The molecular formula is C27H48O13. The van der Waals surface area contributed by atoms with Crippen LogP contribution in [0, 0.1) is 0 Å². The van der Waals surface area contributed by atoms with Gasteiger partial charge in [-0.05, 0) is 0 Å². The first kappa shape index (κ1) is 36.1. The highest BCUT2D eigenvalue weighted by molar-refractivity contribution is 5.55. The third kappa shape index (κ3) is 20.0. The molecule has 0 aliphatic rings. The van der Waals surface area contributed by atoms with E-state index in [0.29, 0.717) is 116 Å². The molecule has 0 heterocycles. The van der Waals surface area contributed by atoms with Crippen molar-refractivity contribution in [2.75, 3.05) is 140 Å². The van der Waals surface area contributed by atoms with Gasteiger partial charge in [0.15, 0.2) is 11.5 Å². The van der Waals surface area contributed by atoms with Gasteiger partial charge in [-0.1, -0.05) is 0 Å². The lowest BCUT2D eigenvalue weighted by Gasteiger charge is -2.18.